The van der Waals surface area contributed by atoms with Crippen LogP contribution in [0.1, 0.15) is 18.5 Å². The highest BCUT2D eigenvalue weighted by Gasteiger charge is 2.15. The molecular formula is C18H16FN3O3. The third kappa shape index (κ3) is 4.00. The third-order valence-electron chi connectivity index (χ3n) is 3.67. The van der Waals surface area contributed by atoms with E-state index in [9.17, 15) is 14.0 Å². The summed E-state index contributed by atoms with van der Waals surface area (Å²) >= 11 is 0. The second-order valence-electron chi connectivity index (χ2n) is 5.54. The summed E-state index contributed by atoms with van der Waals surface area (Å²) < 4.78 is 18.9. The van der Waals surface area contributed by atoms with Crippen LogP contribution in [0.4, 0.5) is 4.39 Å². The quantitative estimate of drug-likeness (QED) is 0.773. The maximum Gasteiger partial charge on any atom is 0.437 e. The molecule has 3 rings (SSSR count). The van der Waals surface area contributed by atoms with Crippen LogP contribution in [0.25, 0.3) is 11.5 Å². The SMILES string of the molecule is C[C@H](NC(=O)Cn1nc(-c2ccc(F)cc2)oc1=O)c1ccccc1. The molecule has 3 aromatic rings. The Hall–Kier alpha value is -3.22. The summed E-state index contributed by atoms with van der Waals surface area (Å²) in [7, 11) is 0. The molecule has 0 radical (unpaired) electrons. The highest BCUT2D eigenvalue weighted by atomic mass is 19.1. The average molecular weight is 341 g/mol. The molecule has 1 amide bonds. The summed E-state index contributed by atoms with van der Waals surface area (Å²) in [6.07, 6.45) is 0. The Morgan fingerprint density at radius 2 is 1.88 bits per heavy atom. The molecule has 0 saturated carbocycles. The molecule has 1 N–H and O–H groups in total. The van der Waals surface area contributed by atoms with Crippen LogP contribution in [-0.4, -0.2) is 15.7 Å². The molecule has 25 heavy (non-hydrogen) atoms. The fourth-order valence-electron chi connectivity index (χ4n) is 2.36. The van der Waals surface area contributed by atoms with E-state index in [0.717, 1.165) is 10.2 Å². The van der Waals surface area contributed by atoms with E-state index in [1.807, 2.05) is 37.3 Å². The lowest BCUT2D eigenvalue weighted by atomic mass is 10.1. The third-order valence-corrected chi connectivity index (χ3v) is 3.67. The van der Waals surface area contributed by atoms with Crippen LogP contribution < -0.4 is 11.1 Å². The molecule has 0 bridgehead atoms. The second-order valence-corrected chi connectivity index (χ2v) is 5.54. The van der Waals surface area contributed by atoms with Gasteiger partial charge in [-0.2, -0.15) is 4.68 Å². The van der Waals surface area contributed by atoms with E-state index < -0.39 is 11.6 Å². The van der Waals surface area contributed by atoms with Crippen LogP contribution in [0, 0.1) is 5.82 Å². The van der Waals surface area contributed by atoms with Crippen LogP contribution in [0.5, 0.6) is 0 Å². The Kier molecular flexibility index (Phi) is 4.74. The van der Waals surface area contributed by atoms with Gasteiger partial charge in [-0.25, -0.2) is 9.18 Å². The maximum absolute atomic E-state index is 12.9. The molecule has 1 atom stereocenters. The lowest BCUT2D eigenvalue weighted by Crippen LogP contribution is -2.33. The minimum absolute atomic E-state index is 0.0360. The largest absolute Gasteiger partial charge is 0.437 e. The molecule has 0 spiro atoms. The van der Waals surface area contributed by atoms with Crippen molar-refractivity contribution in [2.45, 2.75) is 19.5 Å². The first-order chi connectivity index (χ1) is 12.0. The molecular weight excluding hydrogens is 325 g/mol. The average Bonchev–Trinajstić information content (AvgIpc) is 2.96. The van der Waals surface area contributed by atoms with Crippen molar-refractivity contribution >= 4 is 5.91 Å². The molecule has 0 aliphatic rings. The van der Waals surface area contributed by atoms with Crippen LogP contribution in [0.15, 0.2) is 63.8 Å². The van der Waals surface area contributed by atoms with E-state index in [1.54, 1.807) is 0 Å². The number of carbonyl (C=O) groups excluding carboxylic acids is 1. The Bertz CT molecular complexity index is 917. The fraction of sp³-hybridized carbons (Fsp3) is 0.167. The topological polar surface area (TPSA) is 77.1 Å². The van der Waals surface area contributed by atoms with Gasteiger partial charge < -0.3 is 9.73 Å². The van der Waals surface area contributed by atoms with Crippen molar-refractivity contribution in [2.24, 2.45) is 0 Å². The monoisotopic (exact) mass is 341 g/mol. The van der Waals surface area contributed by atoms with Crippen molar-refractivity contribution < 1.29 is 13.6 Å². The smallest absolute Gasteiger partial charge is 0.388 e. The van der Waals surface area contributed by atoms with Gasteiger partial charge >= 0.3 is 5.76 Å². The van der Waals surface area contributed by atoms with E-state index in [1.165, 1.54) is 24.3 Å². The van der Waals surface area contributed by atoms with E-state index in [4.69, 9.17) is 4.42 Å². The Morgan fingerprint density at radius 1 is 1.20 bits per heavy atom. The van der Waals surface area contributed by atoms with Crippen LogP contribution in [0.2, 0.25) is 0 Å². The molecule has 6 nitrogen and oxygen atoms in total. The summed E-state index contributed by atoms with van der Waals surface area (Å²) in [6.45, 7) is 1.59. The van der Waals surface area contributed by atoms with Crippen molar-refractivity contribution in [3.8, 4) is 11.5 Å². The Morgan fingerprint density at radius 3 is 2.56 bits per heavy atom. The first kappa shape index (κ1) is 16.6. The number of benzene rings is 2. The highest BCUT2D eigenvalue weighted by molar-refractivity contribution is 5.76. The highest BCUT2D eigenvalue weighted by Crippen LogP contribution is 2.15. The van der Waals surface area contributed by atoms with Gasteiger partial charge in [0.05, 0.1) is 6.04 Å². The standard InChI is InChI=1S/C18H16FN3O3/c1-12(13-5-3-2-4-6-13)20-16(23)11-22-18(24)25-17(21-22)14-7-9-15(19)10-8-14/h2-10,12H,11H2,1H3,(H,20,23)/t12-/m0/s1. The molecule has 1 aromatic heterocycles. The first-order valence-corrected chi connectivity index (χ1v) is 7.71. The number of hydrogen-bond acceptors (Lipinski definition) is 4. The zero-order valence-electron chi connectivity index (χ0n) is 13.5. The predicted molar refractivity (Wildman–Crippen MR) is 89.2 cm³/mol. The molecule has 128 valence electrons. The summed E-state index contributed by atoms with van der Waals surface area (Å²) in [4.78, 5) is 24.0. The van der Waals surface area contributed by atoms with Gasteiger partial charge in [-0.3, -0.25) is 4.79 Å². The number of amides is 1. The van der Waals surface area contributed by atoms with Gasteiger partial charge in [0.2, 0.25) is 11.8 Å². The number of nitrogens with one attached hydrogen (secondary N) is 1. The summed E-state index contributed by atoms with van der Waals surface area (Å²) in [5.41, 5.74) is 1.41. The van der Waals surface area contributed by atoms with Crippen molar-refractivity contribution in [1.29, 1.82) is 0 Å². The number of aromatic nitrogens is 2. The van der Waals surface area contributed by atoms with E-state index in [2.05, 4.69) is 10.4 Å². The summed E-state index contributed by atoms with van der Waals surface area (Å²) in [6, 6.07) is 14.6. The van der Waals surface area contributed by atoms with Crippen molar-refractivity contribution in [1.82, 2.24) is 15.1 Å². The molecule has 0 unspecified atom stereocenters. The minimum Gasteiger partial charge on any atom is -0.388 e. The van der Waals surface area contributed by atoms with Crippen molar-refractivity contribution in [3.05, 3.63) is 76.5 Å². The van der Waals surface area contributed by atoms with Gasteiger partial charge in [0.15, 0.2) is 0 Å². The van der Waals surface area contributed by atoms with E-state index >= 15 is 0 Å². The maximum atomic E-state index is 12.9. The first-order valence-electron chi connectivity index (χ1n) is 7.71. The normalized spacial score (nSPS) is 11.9. The Labute approximate surface area is 142 Å². The molecule has 0 saturated heterocycles. The zero-order valence-corrected chi connectivity index (χ0v) is 13.5. The Balaban J connectivity index is 1.69. The molecule has 1 heterocycles. The van der Waals surface area contributed by atoms with Gasteiger partial charge in [-0.05, 0) is 36.8 Å². The second kappa shape index (κ2) is 7.12. The molecule has 2 aromatic carbocycles. The van der Waals surface area contributed by atoms with Crippen molar-refractivity contribution in [2.75, 3.05) is 0 Å². The molecule has 0 aliphatic carbocycles. The van der Waals surface area contributed by atoms with Gasteiger partial charge in [0.1, 0.15) is 12.4 Å². The number of carbonyl (C=O) groups is 1. The van der Waals surface area contributed by atoms with Gasteiger partial charge in [0, 0.05) is 5.56 Å². The zero-order chi connectivity index (χ0) is 17.8. The van der Waals surface area contributed by atoms with E-state index in [-0.39, 0.29) is 24.4 Å². The van der Waals surface area contributed by atoms with Crippen LogP contribution >= 0.6 is 0 Å². The molecule has 0 fully saturated rings. The number of rotatable bonds is 5. The minimum atomic E-state index is -0.748. The lowest BCUT2D eigenvalue weighted by Gasteiger charge is -2.13. The van der Waals surface area contributed by atoms with E-state index in [0.29, 0.717) is 5.56 Å². The van der Waals surface area contributed by atoms with Gasteiger partial charge in [0.25, 0.3) is 0 Å². The van der Waals surface area contributed by atoms with Crippen LogP contribution in [0.3, 0.4) is 0 Å². The lowest BCUT2D eigenvalue weighted by molar-refractivity contribution is -0.122. The summed E-state index contributed by atoms with van der Waals surface area (Å²) in [5.74, 6) is -1.48. The molecule has 7 heteroatoms. The molecule has 0 aliphatic heterocycles. The number of nitrogens with zero attached hydrogens (tertiary/aromatic N) is 2. The number of halogens is 1. The number of hydrogen-bond donors (Lipinski definition) is 1. The summed E-state index contributed by atoms with van der Waals surface area (Å²) in [5, 5.41) is 6.78. The predicted octanol–water partition coefficient (Wildman–Crippen LogP) is 2.52. The van der Waals surface area contributed by atoms with Gasteiger partial charge in [-0.15, -0.1) is 5.10 Å². The van der Waals surface area contributed by atoms with Crippen molar-refractivity contribution in [3.63, 3.8) is 0 Å². The van der Waals surface area contributed by atoms with Gasteiger partial charge in [-0.1, -0.05) is 30.3 Å². The fourth-order valence-corrected chi connectivity index (χ4v) is 2.36. The van der Waals surface area contributed by atoms with Crippen LogP contribution in [-0.2, 0) is 11.3 Å².